The van der Waals surface area contributed by atoms with Crippen molar-refractivity contribution in [3.8, 4) is 0 Å². The van der Waals surface area contributed by atoms with Crippen LogP contribution in [0.4, 0.5) is 16.6 Å². The SMILES string of the molecule is CC(C)(C)OC(=O)N1CCC(Nc2ncc(Cl)c(N)n2)C1. The minimum Gasteiger partial charge on any atom is -0.444 e. The molecule has 7 nitrogen and oxygen atoms in total. The van der Waals surface area contributed by atoms with Crippen molar-refractivity contribution in [3.05, 3.63) is 11.2 Å². The standard InChI is InChI=1S/C13H20ClN5O2/c1-13(2,3)21-12(20)19-5-4-8(7-19)17-11-16-6-9(14)10(15)18-11/h6,8H,4-5,7H2,1-3H3,(H3,15,16,17,18). The van der Waals surface area contributed by atoms with Crippen LogP contribution < -0.4 is 11.1 Å². The minimum absolute atomic E-state index is 0.0677. The number of halogens is 1. The summed E-state index contributed by atoms with van der Waals surface area (Å²) in [5.74, 6) is 0.643. The van der Waals surface area contributed by atoms with Crippen LogP contribution in [-0.2, 0) is 4.74 Å². The number of hydrogen-bond donors (Lipinski definition) is 2. The maximum Gasteiger partial charge on any atom is 0.410 e. The summed E-state index contributed by atoms with van der Waals surface area (Å²) in [6.45, 7) is 6.72. The van der Waals surface area contributed by atoms with Gasteiger partial charge in [-0.05, 0) is 27.2 Å². The van der Waals surface area contributed by atoms with Gasteiger partial charge in [0.1, 0.15) is 16.4 Å². The van der Waals surface area contributed by atoms with Crippen molar-refractivity contribution in [1.82, 2.24) is 14.9 Å². The van der Waals surface area contributed by atoms with E-state index in [1.165, 1.54) is 6.20 Å². The first-order chi connectivity index (χ1) is 9.74. The molecule has 0 saturated carbocycles. The second kappa shape index (κ2) is 5.93. The van der Waals surface area contributed by atoms with E-state index in [-0.39, 0.29) is 18.0 Å². The van der Waals surface area contributed by atoms with Crippen molar-refractivity contribution in [2.75, 3.05) is 24.1 Å². The van der Waals surface area contributed by atoms with Crippen LogP contribution in [0.2, 0.25) is 5.02 Å². The third kappa shape index (κ3) is 4.35. The number of ether oxygens (including phenoxy) is 1. The number of anilines is 2. The van der Waals surface area contributed by atoms with Gasteiger partial charge in [0.2, 0.25) is 5.95 Å². The maximum atomic E-state index is 12.0. The van der Waals surface area contributed by atoms with Crippen molar-refractivity contribution >= 4 is 29.5 Å². The van der Waals surface area contributed by atoms with Crippen molar-refractivity contribution in [3.63, 3.8) is 0 Å². The Labute approximate surface area is 128 Å². The number of carbonyl (C=O) groups excluding carboxylic acids is 1. The molecule has 1 saturated heterocycles. The van der Waals surface area contributed by atoms with Gasteiger partial charge in [-0.1, -0.05) is 11.6 Å². The topological polar surface area (TPSA) is 93.4 Å². The predicted molar refractivity (Wildman–Crippen MR) is 81.3 cm³/mol. The molecule has 1 fully saturated rings. The molecule has 2 rings (SSSR count). The van der Waals surface area contributed by atoms with Crippen molar-refractivity contribution in [2.45, 2.75) is 38.8 Å². The van der Waals surface area contributed by atoms with E-state index < -0.39 is 5.60 Å². The van der Waals surface area contributed by atoms with Crippen molar-refractivity contribution in [1.29, 1.82) is 0 Å². The molecule has 0 aromatic carbocycles. The second-order valence-electron chi connectivity index (χ2n) is 5.98. The first kappa shape index (κ1) is 15.6. The van der Waals surface area contributed by atoms with E-state index in [1.807, 2.05) is 20.8 Å². The Bertz CT molecular complexity index is 532. The summed E-state index contributed by atoms with van der Waals surface area (Å²) >= 11 is 5.78. The van der Waals surface area contributed by atoms with Crippen LogP contribution in [0.5, 0.6) is 0 Å². The number of hydrogen-bond acceptors (Lipinski definition) is 6. The first-order valence-electron chi connectivity index (χ1n) is 6.77. The second-order valence-corrected chi connectivity index (χ2v) is 6.39. The number of carbonyl (C=O) groups is 1. The summed E-state index contributed by atoms with van der Waals surface area (Å²) < 4.78 is 5.35. The number of nitrogen functional groups attached to an aromatic ring is 1. The van der Waals surface area contributed by atoms with Crippen LogP contribution in [0.15, 0.2) is 6.20 Å². The molecule has 8 heteroatoms. The fraction of sp³-hybridized carbons (Fsp3) is 0.615. The van der Waals surface area contributed by atoms with E-state index in [0.717, 1.165) is 6.42 Å². The van der Waals surface area contributed by atoms with Gasteiger partial charge in [0.25, 0.3) is 0 Å². The Hall–Kier alpha value is -1.76. The highest BCUT2D eigenvalue weighted by Crippen LogP contribution is 2.19. The molecule has 21 heavy (non-hydrogen) atoms. The van der Waals surface area contributed by atoms with Crippen LogP contribution in [0.1, 0.15) is 27.2 Å². The largest absolute Gasteiger partial charge is 0.444 e. The van der Waals surface area contributed by atoms with Gasteiger partial charge in [-0.25, -0.2) is 9.78 Å². The number of nitrogens with one attached hydrogen (secondary N) is 1. The highest BCUT2D eigenvalue weighted by molar-refractivity contribution is 6.32. The monoisotopic (exact) mass is 313 g/mol. The van der Waals surface area contributed by atoms with Gasteiger partial charge in [-0.15, -0.1) is 0 Å². The lowest BCUT2D eigenvalue weighted by Crippen LogP contribution is -2.36. The third-order valence-corrected chi connectivity index (χ3v) is 3.24. The van der Waals surface area contributed by atoms with Gasteiger partial charge in [0.15, 0.2) is 0 Å². The smallest absolute Gasteiger partial charge is 0.410 e. The summed E-state index contributed by atoms with van der Waals surface area (Å²) in [7, 11) is 0. The van der Waals surface area contributed by atoms with Crippen LogP contribution in [0.25, 0.3) is 0 Å². The lowest BCUT2D eigenvalue weighted by atomic mass is 10.2. The average Bonchev–Trinajstić information content (AvgIpc) is 2.80. The fourth-order valence-corrected chi connectivity index (χ4v) is 2.09. The van der Waals surface area contributed by atoms with Crippen molar-refractivity contribution in [2.24, 2.45) is 0 Å². The number of rotatable bonds is 2. The number of nitrogens with two attached hydrogens (primary N) is 1. The molecule has 1 unspecified atom stereocenters. The average molecular weight is 314 g/mol. The fourth-order valence-electron chi connectivity index (χ4n) is 2.00. The van der Waals surface area contributed by atoms with Gasteiger partial charge in [-0.2, -0.15) is 4.98 Å². The maximum absolute atomic E-state index is 12.0. The molecule has 0 aliphatic carbocycles. The lowest BCUT2D eigenvalue weighted by molar-refractivity contribution is 0.0293. The number of likely N-dealkylation sites (tertiary alicyclic amines) is 1. The Morgan fingerprint density at radius 2 is 2.29 bits per heavy atom. The van der Waals surface area contributed by atoms with E-state index in [4.69, 9.17) is 22.1 Å². The molecular weight excluding hydrogens is 294 g/mol. The molecular formula is C13H20ClN5O2. The molecule has 0 radical (unpaired) electrons. The third-order valence-electron chi connectivity index (χ3n) is 2.94. The van der Waals surface area contributed by atoms with Crippen LogP contribution in [-0.4, -0.2) is 45.7 Å². The zero-order valence-corrected chi connectivity index (χ0v) is 13.1. The highest BCUT2D eigenvalue weighted by Gasteiger charge is 2.30. The van der Waals surface area contributed by atoms with Gasteiger partial charge in [0, 0.05) is 19.1 Å². The van der Waals surface area contributed by atoms with Gasteiger partial charge >= 0.3 is 6.09 Å². The lowest BCUT2D eigenvalue weighted by Gasteiger charge is -2.24. The zero-order valence-electron chi connectivity index (χ0n) is 12.4. The summed E-state index contributed by atoms with van der Waals surface area (Å²) in [6.07, 6.45) is 1.95. The molecule has 1 atom stereocenters. The first-order valence-corrected chi connectivity index (χ1v) is 7.15. The van der Waals surface area contributed by atoms with Crippen LogP contribution in [0, 0.1) is 0 Å². The molecule has 3 N–H and O–H groups in total. The summed E-state index contributed by atoms with van der Waals surface area (Å²) in [6, 6.07) is 0.0677. The van der Waals surface area contributed by atoms with Gasteiger partial charge in [-0.3, -0.25) is 0 Å². The number of nitrogens with zero attached hydrogens (tertiary/aromatic N) is 3. The van der Waals surface area contributed by atoms with Gasteiger partial charge in [0.05, 0.1) is 6.20 Å². The van der Waals surface area contributed by atoms with E-state index in [0.29, 0.717) is 24.1 Å². The van der Waals surface area contributed by atoms with E-state index >= 15 is 0 Å². The zero-order chi connectivity index (χ0) is 15.6. The van der Waals surface area contributed by atoms with Crippen molar-refractivity contribution < 1.29 is 9.53 Å². The number of aromatic nitrogens is 2. The quantitative estimate of drug-likeness (QED) is 0.868. The van der Waals surface area contributed by atoms with Crippen LogP contribution >= 0.6 is 11.6 Å². The normalized spacial score (nSPS) is 18.7. The molecule has 0 bridgehead atoms. The molecule has 1 amide bonds. The molecule has 1 aromatic heterocycles. The van der Waals surface area contributed by atoms with Gasteiger partial charge < -0.3 is 20.7 Å². The number of amides is 1. The molecule has 116 valence electrons. The molecule has 1 aromatic rings. The Kier molecular flexibility index (Phi) is 4.41. The summed E-state index contributed by atoms with van der Waals surface area (Å²) in [5, 5.41) is 3.47. The Morgan fingerprint density at radius 3 is 2.90 bits per heavy atom. The van der Waals surface area contributed by atoms with E-state index in [1.54, 1.807) is 4.90 Å². The van der Waals surface area contributed by atoms with E-state index in [2.05, 4.69) is 15.3 Å². The minimum atomic E-state index is -0.490. The molecule has 1 aliphatic heterocycles. The summed E-state index contributed by atoms with van der Waals surface area (Å²) in [4.78, 5) is 21.8. The highest BCUT2D eigenvalue weighted by atomic mass is 35.5. The predicted octanol–water partition coefficient (Wildman–Crippen LogP) is 2.13. The molecule has 2 heterocycles. The molecule has 0 spiro atoms. The Balaban J connectivity index is 1.90. The summed E-state index contributed by atoms with van der Waals surface area (Å²) in [5.41, 5.74) is 5.14. The Morgan fingerprint density at radius 1 is 1.57 bits per heavy atom. The van der Waals surface area contributed by atoms with E-state index in [9.17, 15) is 4.79 Å². The molecule has 1 aliphatic rings. The van der Waals surface area contributed by atoms with Crippen LogP contribution in [0.3, 0.4) is 0 Å².